The number of fused-ring (bicyclic) bond motifs is 1. The highest BCUT2D eigenvalue weighted by atomic mass is 35.5. The fourth-order valence-corrected chi connectivity index (χ4v) is 5.68. The molecule has 0 spiro atoms. The number of nitrogens with zero attached hydrogens (tertiary/aromatic N) is 3. The minimum atomic E-state index is -0.552. The highest BCUT2D eigenvalue weighted by Gasteiger charge is 2.53. The van der Waals surface area contributed by atoms with Crippen LogP contribution in [0, 0.1) is 11.8 Å². The van der Waals surface area contributed by atoms with Gasteiger partial charge in [-0.15, -0.1) is 0 Å². The summed E-state index contributed by atoms with van der Waals surface area (Å²) in [5.41, 5.74) is 7.08. The van der Waals surface area contributed by atoms with Crippen LogP contribution in [0.5, 0.6) is 5.75 Å². The number of amides is 2. The minimum absolute atomic E-state index is 0.0437. The second kappa shape index (κ2) is 8.76. The lowest BCUT2D eigenvalue weighted by molar-refractivity contribution is -0.132. The van der Waals surface area contributed by atoms with Gasteiger partial charge in [0, 0.05) is 35.3 Å². The van der Waals surface area contributed by atoms with E-state index in [0.717, 1.165) is 11.1 Å². The van der Waals surface area contributed by atoms with Crippen LogP contribution < -0.4 is 15.8 Å². The molecule has 2 aliphatic heterocycles. The standard InChI is InChI=1S/C27H32ClN5O3/c1-26(2)13-22(34)33(25(29)32-26)23(15-6-5-9-30-14-15)18-11-19(18)24(35)31-20-12-27(3,4)36-21-10-16(28)7-8-17(20)21/h5-10,14,18-20,23H,11-13H2,1-4H3,(H2,29,32)(H,31,35)/t18?,19-,20-,23-/m1/s1. The number of carbonyl (C=O) groups excluding carboxylic acids is 2. The number of nitrogens with two attached hydrogens (primary N) is 1. The van der Waals surface area contributed by atoms with Gasteiger partial charge in [-0.1, -0.05) is 23.7 Å². The fraction of sp³-hybridized carbons (Fsp3) is 0.481. The third kappa shape index (κ3) is 4.78. The zero-order chi connectivity index (χ0) is 25.8. The average molecular weight is 510 g/mol. The highest BCUT2D eigenvalue weighted by molar-refractivity contribution is 6.30. The normalized spacial score (nSPS) is 26.8. The predicted octanol–water partition coefficient (Wildman–Crippen LogP) is 4.16. The van der Waals surface area contributed by atoms with Crippen LogP contribution in [0.1, 0.15) is 70.2 Å². The molecule has 3 aliphatic rings. The summed E-state index contributed by atoms with van der Waals surface area (Å²) in [5, 5.41) is 3.83. The Labute approximate surface area is 216 Å². The largest absolute Gasteiger partial charge is 0.487 e. The SMILES string of the molecule is CC1(C)CC(=O)N([C@H](c2cccnc2)C2C[C@H]2C(=O)N[C@@H]2CC(C)(C)Oc3cc(Cl)ccc32)C(N)=N1. The number of guanidine groups is 1. The molecular formula is C27H32ClN5O3. The van der Waals surface area contributed by atoms with Gasteiger partial charge in [0.1, 0.15) is 11.4 Å². The fourth-order valence-electron chi connectivity index (χ4n) is 5.52. The predicted molar refractivity (Wildman–Crippen MR) is 137 cm³/mol. The van der Waals surface area contributed by atoms with Crippen LogP contribution in [-0.2, 0) is 9.59 Å². The molecule has 5 rings (SSSR count). The van der Waals surface area contributed by atoms with E-state index in [1.807, 2.05) is 52.0 Å². The Morgan fingerprint density at radius 2 is 2.06 bits per heavy atom. The molecule has 1 aromatic heterocycles. The second-order valence-electron chi connectivity index (χ2n) is 11.3. The van der Waals surface area contributed by atoms with Gasteiger partial charge in [0.25, 0.3) is 0 Å². The Balaban J connectivity index is 1.39. The smallest absolute Gasteiger partial charge is 0.232 e. The van der Waals surface area contributed by atoms with Gasteiger partial charge in [-0.3, -0.25) is 19.5 Å². The summed E-state index contributed by atoms with van der Waals surface area (Å²) in [5.74, 6) is 0.392. The quantitative estimate of drug-likeness (QED) is 0.629. The van der Waals surface area contributed by atoms with E-state index in [1.165, 1.54) is 0 Å². The van der Waals surface area contributed by atoms with Gasteiger partial charge in [-0.05, 0) is 63.8 Å². The Hall–Kier alpha value is -3.13. The number of nitrogens with one attached hydrogen (secondary N) is 1. The molecule has 2 amide bonds. The Morgan fingerprint density at radius 1 is 1.28 bits per heavy atom. The first kappa shape index (κ1) is 24.6. The zero-order valence-electron chi connectivity index (χ0n) is 21.0. The molecule has 1 unspecified atom stereocenters. The van der Waals surface area contributed by atoms with Crippen molar-refractivity contribution in [1.29, 1.82) is 0 Å². The molecule has 0 saturated heterocycles. The number of pyridine rings is 1. The third-order valence-corrected chi connectivity index (χ3v) is 7.39. The molecule has 1 aromatic carbocycles. The number of ether oxygens (including phenoxy) is 1. The van der Waals surface area contributed by atoms with Crippen molar-refractivity contribution in [1.82, 2.24) is 15.2 Å². The van der Waals surface area contributed by atoms with Crippen LogP contribution in [0.25, 0.3) is 0 Å². The topological polar surface area (TPSA) is 110 Å². The van der Waals surface area contributed by atoms with E-state index in [4.69, 9.17) is 22.1 Å². The highest BCUT2D eigenvalue weighted by Crippen LogP contribution is 2.51. The maximum Gasteiger partial charge on any atom is 0.232 e. The van der Waals surface area contributed by atoms with E-state index in [2.05, 4.69) is 15.3 Å². The van der Waals surface area contributed by atoms with Crippen molar-refractivity contribution in [2.24, 2.45) is 22.6 Å². The molecular weight excluding hydrogens is 478 g/mol. The van der Waals surface area contributed by atoms with E-state index in [0.29, 0.717) is 23.6 Å². The number of aromatic nitrogens is 1. The lowest BCUT2D eigenvalue weighted by Gasteiger charge is -2.38. The van der Waals surface area contributed by atoms with Crippen molar-refractivity contribution in [2.45, 2.75) is 70.2 Å². The van der Waals surface area contributed by atoms with E-state index in [1.54, 1.807) is 23.4 Å². The first-order valence-electron chi connectivity index (χ1n) is 12.3. The van der Waals surface area contributed by atoms with Gasteiger partial charge in [0.15, 0.2) is 5.96 Å². The molecule has 0 radical (unpaired) electrons. The maximum absolute atomic E-state index is 13.5. The van der Waals surface area contributed by atoms with Crippen molar-refractivity contribution in [3.63, 3.8) is 0 Å². The summed E-state index contributed by atoms with van der Waals surface area (Å²) in [7, 11) is 0. The van der Waals surface area contributed by atoms with Crippen molar-refractivity contribution < 1.29 is 14.3 Å². The molecule has 4 atom stereocenters. The van der Waals surface area contributed by atoms with Gasteiger partial charge in [0.05, 0.1) is 24.0 Å². The van der Waals surface area contributed by atoms with E-state index in [-0.39, 0.29) is 42.1 Å². The number of aliphatic imine (C=N–C) groups is 1. The summed E-state index contributed by atoms with van der Waals surface area (Å²) in [6, 6.07) is 8.66. The molecule has 3 heterocycles. The van der Waals surface area contributed by atoms with Crippen LogP contribution in [0.2, 0.25) is 5.02 Å². The minimum Gasteiger partial charge on any atom is -0.487 e. The van der Waals surface area contributed by atoms with Gasteiger partial charge >= 0.3 is 0 Å². The third-order valence-electron chi connectivity index (χ3n) is 7.15. The maximum atomic E-state index is 13.5. The van der Waals surface area contributed by atoms with Crippen LogP contribution in [-0.4, -0.2) is 38.8 Å². The first-order valence-corrected chi connectivity index (χ1v) is 12.7. The summed E-state index contributed by atoms with van der Waals surface area (Å²) in [6.45, 7) is 7.78. The molecule has 1 fully saturated rings. The number of hydrogen-bond donors (Lipinski definition) is 2. The van der Waals surface area contributed by atoms with Crippen molar-refractivity contribution in [3.05, 3.63) is 58.9 Å². The van der Waals surface area contributed by atoms with Crippen molar-refractivity contribution >= 4 is 29.4 Å². The molecule has 0 bridgehead atoms. The lowest BCUT2D eigenvalue weighted by atomic mass is 9.89. The number of hydrogen-bond acceptors (Lipinski definition) is 6. The molecule has 9 heteroatoms. The van der Waals surface area contributed by atoms with Crippen molar-refractivity contribution in [3.8, 4) is 5.75 Å². The number of carbonyl (C=O) groups is 2. The molecule has 36 heavy (non-hydrogen) atoms. The van der Waals surface area contributed by atoms with Crippen LogP contribution in [0.3, 0.4) is 0 Å². The summed E-state index contributed by atoms with van der Waals surface area (Å²) < 4.78 is 6.11. The average Bonchev–Trinajstić information content (AvgIpc) is 3.55. The van der Waals surface area contributed by atoms with E-state index in [9.17, 15) is 9.59 Å². The van der Waals surface area contributed by atoms with Gasteiger partial charge in [-0.25, -0.2) is 4.99 Å². The number of rotatable bonds is 5. The number of benzene rings is 1. The monoisotopic (exact) mass is 509 g/mol. The van der Waals surface area contributed by atoms with Crippen LogP contribution in [0.4, 0.5) is 0 Å². The molecule has 3 N–H and O–H groups in total. The summed E-state index contributed by atoms with van der Waals surface area (Å²) >= 11 is 6.19. The van der Waals surface area contributed by atoms with Crippen LogP contribution >= 0.6 is 11.6 Å². The molecule has 2 aromatic rings. The first-order chi connectivity index (χ1) is 16.9. The summed E-state index contributed by atoms with van der Waals surface area (Å²) in [6.07, 6.45) is 4.96. The van der Waals surface area contributed by atoms with Crippen LogP contribution in [0.15, 0.2) is 47.7 Å². The molecule has 190 valence electrons. The van der Waals surface area contributed by atoms with E-state index < -0.39 is 17.2 Å². The van der Waals surface area contributed by atoms with Gasteiger partial charge in [-0.2, -0.15) is 0 Å². The lowest BCUT2D eigenvalue weighted by Crippen LogP contribution is -2.52. The van der Waals surface area contributed by atoms with E-state index >= 15 is 0 Å². The molecule has 1 aliphatic carbocycles. The molecule has 1 saturated carbocycles. The zero-order valence-corrected chi connectivity index (χ0v) is 21.7. The van der Waals surface area contributed by atoms with Gasteiger partial charge < -0.3 is 15.8 Å². The summed E-state index contributed by atoms with van der Waals surface area (Å²) in [4.78, 5) is 37.1. The van der Waals surface area contributed by atoms with Crippen molar-refractivity contribution in [2.75, 3.05) is 0 Å². The second-order valence-corrected chi connectivity index (χ2v) is 11.7. The molecule has 8 nitrogen and oxygen atoms in total. The number of halogens is 1. The Bertz CT molecular complexity index is 1230. The Morgan fingerprint density at radius 3 is 2.75 bits per heavy atom. The Kier molecular flexibility index (Phi) is 5.98. The van der Waals surface area contributed by atoms with Gasteiger partial charge in [0.2, 0.25) is 11.8 Å².